The molecule has 96 valence electrons. The molecule has 0 saturated carbocycles. The fourth-order valence-corrected chi connectivity index (χ4v) is 1.98. The Morgan fingerprint density at radius 2 is 1.78 bits per heavy atom. The Labute approximate surface area is 106 Å². The number of aliphatic hydroxyl groups is 2. The Morgan fingerprint density at radius 1 is 1.06 bits per heavy atom. The van der Waals surface area contributed by atoms with E-state index in [1.807, 2.05) is 12.1 Å². The van der Waals surface area contributed by atoms with Gasteiger partial charge in [0.25, 0.3) is 0 Å². The van der Waals surface area contributed by atoms with Crippen molar-refractivity contribution in [1.82, 2.24) is 5.32 Å². The summed E-state index contributed by atoms with van der Waals surface area (Å²) in [6.07, 6.45) is -1.80. The van der Waals surface area contributed by atoms with E-state index in [1.54, 1.807) is 31.3 Å². The number of fused-ring (bicyclic) bond motifs is 1. The van der Waals surface area contributed by atoms with E-state index >= 15 is 0 Å². The molecule has 2 atom stereocenters. The summed E-state index contributed by atoms with van der Waals surface area (Å²) >= 11 is 0. The molecule has 2 unspecified atom stereocenters. The first kappa shape index (κ1) is 12.8. The van der Waals surface area contributed by atoms with Gasteiger partial charge in [-0.05, 0) is 41.6 Å². The Morgan fingerprint density at radius 3 is 2.50 bits per heavy atom. The lowest BCUT2D eigenvalue weighted by Crippen LogP contribution is -2.29. The topological polar surface area (TPSA) is 72.7 Å². The first-order valence-corrected chi connectivity index (χ1v) is 5.85. The van der Waals surface area contributed by atoms with E-state index < -0.39 is 12.2 Å². The third-order valence-electron chi connectivity index (χ3n) is 2.97. The van der Waals surface area contributed by atoms with Crippen LogP contribution in [0, 0.1) is 0 Å². The predicted molar refractivity (Wildman–Crippen MR) is 70.5 cm³/mol. The fourth-order valence-electron chi connectivity index (χ4n) is 1.98. The Hall–Kier alpha value is -1.62. The molecule has 0 fully saturated rings. The Kier molecular flexibility index (Phi) is 3.81. The predicted octanol–water partition coefficient (Wildman–Crippen LogP) is 1.16. The van der Waals surface area contributed by atoms with Crippen molar-refractivity contribution in [2.45, 2.75) is 12.2 Å². The highest BCUT2D eigenvalue weighted by Crippen LogP contribution is 2.25. The van der Waals surface area contributed by atoms with Gasteiger partial charge in [0.05, 0.1) is 6.10 Å². The average molecular weight is 247 g/mol. The van der Waals surface area contributed by atoms with Crippen molar-refractivity contribution in [1.29, 1.82) is 0 Å². The minimum Gasteiger partial charge on any atom is -0.508 e. The molecule has 2 aromatic rings. The third-order valence-corrected chi connectivity index (χ3v) is 2.97. The summed E-state index contributed by atoms with van der Waals surface area (Å²) in [4.78, 5) is 0. The van der Waals surface area contributed by atoms with Gasteiger partial charge in [-0.1, -0.05) is 18.2 Å². The van der Waals surface area contributed by atoms with Gasteiger partial charge in [0, 0.05) is 6.54 Å². The summed E-state index contributed by atoms with van der Waals surface area (Å²) in [6.45, 7) is 0.319. The van der Waals surface area contributed by atoms with E-state index in [1.165, 1.54) is 0 Å². The standard InChI is InChI=1S/C14H17NO3/c1-15-8-13(17)14(18)10-3-2-9-4-5-12(16)7-11(9)6-10/h2-7,13-18H,8H2,1H3. The van der Waals surface area contributed by atoms with E-state index in [2.05, 4.69) is 5.32 Å². The molecule has 0 spiro atoms. The van der Waals surface area contributed by atoms with E-state index in [0.29, 0.717) is 12.1 Å². The lowest BCUT2D eigenvalue weighted by Gasteiger charge is -2.18. The van der Waals surface area contributed by atoms with Crippen molar-refractivity contribution in [3.05, 3.63) is 42.0 Å². The van der Waals surface area contributed by atoms with Crippen LogP contribution in [-0.2, 0) is 0 Å². The molecule has 4 N–H and O–H groups in total. The average Bonchev–Trinajstić information content (AvgIpc) is 2.37. The molecule has 2 rings (SSSR count). The summed E-state index contributed by atoms with van der Waals surface area (Å²) in [6, 6.07) is 10.5. The van der Waals surface area contributed by atoms with Gasteiger partial charge in [0.15, 0.2) is 0 Å². The Bertz CT molecular complexity index is 542. The molecular weight excluding hydrogens is 230 g/mol. The number of benzene rings is 2. The summed E-state index contributed by atoms with van der Waals surface area (Å²) < 4.78 is 0. The second-order valence-electron chi connectivity index (χ2n) is 4.36. The van der Waals surface area contributed by atoms with Crippen LogP contribution < -0.4 is 5.32 Å². The highest BCUT2D eigenvalue weighted by atomic mass is 16.3. The van der Waals surface area contributed by atoms with Gasteiger partial charge < -0.3 is 20.6 Å². The molecule has 0 aliphatic carbocycles. The van der Waals surface area contributed by atoms with Crippen molar-refractivity contribution in [2.24, 2.45) is 0 Å². The highest BCUT2D eigenvalue weighted by molar-refractivity contribution is 5.84. The molecule has 0 aromatic heterocycles. The van der Waals surface area contributed by atoms with Crippen molar-refractivity contribution in [3.8, 4) is 5.75 Å². The van der Waals surface area contributed by atoms with E-state index in [4.69, 9.17) is 0 Å². The lowest BCUT2D eigenvalue weighted by molar-refractivity contribution is 0.0203. The van der Waals surface area contributed by atoms with Crippen LogP contribution in [0.2, 0.25) is 0 Å². The molecule has 0 heterocycles. The maximum absolute atomic E-state index is 10.00. The van der Waals surface area contributed by atoms with Crippen LogP contribution in [0.3, 0.4) is 0 Å². The van der Waals surface area contributed by atoms with Crippen LogP contribution in [0.25, 0.3) is 10.8 Å². The molecule has 18 heavy (non-hydrogen) atoms. The first-order valence-electron chi connectivity index (χ1n) is 5.85. The number of likely N-dealkylation sites (N-methyl/N-ethyl adjacent to an activating group) is 1. The van der Waals surface area contributed by atoms with Crippen LogP contribution >= 0.6 is 0 Å². The quantitative estimate of drug-likeness (QED) is 0.654. The SMILES string of the molecule is CNCC(O)C(O)c1ccc2ccc(O)cc2c1. The zero-order valence-electron chi connectivity index (χ0n) is 10.2. The highest BCUT2D eigenvalue weighted by Gasteiger charge is 2.17. The molecule has 2 aromatic carbocycles. The smallest absolute Gasteiger partial charge is 0.116 e. The zero-order chi connectivity index (χ0) is 13.1. The third kappa shape index (κ3) is 2.61. The number of phenols is 1. The molecule has 0 aliphatic heterocycles. The largest absolute Gasteiger partial charge is 0.508 e. The molecule has 0 amide bonds. The van der Waals surface area contributed by atoms with Crippen LogP contribution in [0.1, 0.15) is 11.7 Å². The fraction of sp³-hybridized carbons (Fsp3) is 0.286. The Balaban J connectivity index is 2.34. The minimum atomic E-state index is -0.941. The normalized spacial score (nSPS) is 14.6. The monoisotopic (exact) mass is 247 g/mol. The molecule has 0 bridgehead atoms. The summed E-state index contributed by atoms with van der Waals surface area (Å²) in [5.41, 5.74) is 0.635. The number of phenolic OH excluding ortho intramolecular Hbond substituents is 1. The van der Waals surface area contributed by atoms with Gasteiger partial charge in [-0.15, -0.1) is 0 Å². The summed E-state index contributed by atoms with van der Waals surface area (Å²) in [7, 11) is 1.72. The van der Waals surface area contributed by atoms with Crippen molar-refractivity contribution >= 4 is 10.8 Å². The number of hydrogen-bond donors (Lipinski definition) is 4. The van der Waals surface area contributed by atoms with Gasteiger partial charge in [-0.25, -0.2) is 0 Å². The van der Waals surface area contributed by atoms with Crippen LogP contribution in [0.15, 0.2) is 36.4 Å². The van der Waals surface area contributed by atoms with Gasteiger partial charge in [-0.3, -0.25) is 0 Å². The number of aromatic hydroxyl groups is 1. The second-order valence-corrected chi connectivity index (χ2v) is 4.36. The number of rotatable bonds is 4. The van der Waals surface area contributed by atoms with Gasteiger partial charge >= 0.3 is 0 Å². The summed E-state index contributed by atoms with van der Waals surface area (Å²) in [5, 5.41) is 33.8. The second kappa shape index (κ2) is 5.35. The van der Waals surface area contributed by atoms with Gasteiger partial charge in [-0.2, -0.15) is 0 Å². The molecule has 0 aliphatic rings. The zero-order valence-corrected chi connectivity index (χ0v) is 10.2. The maximum Gasteiger partial charge on any atom is 0.116 e. The molecule has 0 saturated heterocycles. The molecule has 4 nitrogen and oxygen atoms in total. The van der Waals surface area contributed by atoms with Gasteiger partial charge in [0.1, 0.15) is 11.9 Å². The van der Waals surface area contributed by atoms with Crippen LogP contribution in [0.4, 0.5) is 0 Å². The minimum absolute atomic E-state index is 0.185. The van der Waals surface area contributed by atoms with E-state index in [9.17, 15) is 15.3 Å². The van der Waals surface area contributed by atoms with E-state index in [0.717, 1.165) is 10.8 Å². The molecule has 4 heteroatoms. The van der Waals surface area contributed by atoms with Crippen LogP contribution in [0.5, 0.6) is 5.75 Å². The van der Waals surface area contributed by atoms with E-state index in [-0.39, 0.29) is 5.75 Å². The molecule has 0 radical (unpaired) electrons. The lowest BCUT2D eigenvalue weighted by atomic mass is 10.00. The molecular formula is C14H17NO3. The van der Waals surface area contributed by atoms with Crippen LogP contribution in [-0.4, -0.2) is 35.0 Å². The van der Waals surface area contributed by atoms with Gasteiger partial charge in [0.2, 0.25) is 0 Å². The van der Waals surface area contributed by atoms with Crippen molar-refractivity contribution < 1.29 is 15.3 Å². The maximum atomic E-state index is 10.00. The first-order chi connectivity index (χ1) is 8.61. The number of nitrogens with one attached hydrogen (secondary N) is 1. The number of aliphatic hydroxyl groups excluding tert-OH is 2. The van der Waals surface area contributed by atoms with Crippen molar-refractivity contribution in [3.63, 3.8) is 0 Å². The summed E-state index contributed by atoms with van der Waals surface area (Å²) in [5.74, 6) is 0.185. The number of hydrogen-bond acceptors (Lipinski definition) is 4. The van der Waals surface area contributed by atoms with Crippen molar-refractivity contribution in [2.75, 3.05) is 13.6 Å².